The van der Waals surface area contributed by atoms with Gasteiger partial charge in [-0.25, -0.2) is 0 Å². The largest absolute Gasteiger partial charge is 0.380 e. The minimum Gasteiger partial charge on any atom is -0.380 e. The van der Waals surface area contributed by atoms with Gasteiger partial charge in [-0.05, 0) is 43.5 Å². The summed E-state index contributed by atoms with van der Waals surface area (Å²) in [6, 6.07) is 5.42. The van der Waals surface area contributed by atoms with Crippen molar-refractivity contribution < 1.29 is 9.53 Å². The average Bonchev–Trinajstić information content (AvgIpc) is 2.42. The lowest BCUT2D eigenvalue weighted by molar-refractivity contribution is 0.0805. The van der Waals surface area contributed by atoms with E-state index in [0.717, 1.165) is 11.3 Å². The Bertz CT molecular complexity index is 447. The molecule has 0 heterocycles. The van der Waals surface area contributed by atoms with Crippen molar-refractivity contribution in [2.24, 2.45) is 11.8 Å². The molecule has 0 bridgehead atoms. The number of rotatable bonds is 7. The third-order valence-corrected chi connectivity index (χ3v) is 3.26. The maximum absolute atomic E-state index is 12.3. The monoisotopic (exact) mass is 279 g/mol. The Hall–Kier alpha value is -1.59. The van der Waals surface area contributed by atoms with Crippen molar-refractivity contribution in [3.05, 3.63) is 29.3 Å². The van der Waals surface area contributed by atoms with Crippen LogP contribution in [0.4, 0.5) is 5.69 Å². The summed E-state index contributed by atoms with van der Waals surface area (Å²) < 4.78 is 5.42. The predicted octanol–water partition coefficient (Wildman–Crippen LogP) is 2.07. The molecule has 1 rings (SSSR count). The normalized spacial score (nSPS) is 12.3. The van der Waals surface area contributed by atoms with Crippen molar-refractivity contribution in [2.45, 2.75) is 33.7 Å². The first kappa shape index (κ1) is 16.5. The Labute approximate surface area is 120 Å². The zero-order valence-electron chi connectivity index (χ0n) is 12.7. The fourth-order valence-corrected chi connectivity index (χ4v) is 1.90. The summed E-state index contributed by atoms with van der Waals surface area (Å²) in [7, 11) is 0. The van der Waals surface area contributed by atoms with E-state index < -0.39 is 0 Å². The second-order valence-corrected chi connectivity index (χ2v) is 5.16. The molecule has 0 radical (unpaired) electrons. The average molecular weight is 279 g/mol. The van der Waals surface area contributed by atoms with E-state index in [1.807, 2.05) is 19.9 Å². The van der Waals surface area contributed by atoms with Gasteiger partial charge in [0.2, 0.25) is 0 Å². The van der Waals surface area contributed by atoms with Crippen LogP contribution >= 0.6 is 0 Å². The van der Waals surface area contributed by atoms with E-state index in [0.29, 0.717) is 24.7 Å². The molecule has 20 heavy (non-hydrogen) atoms. The summed E-state index contributed by atoms with van der Waals surface area (Å²) >= 11 is 0. The van der Waals surface area contributed by atoms with Crippen LogP contribution in [-0.4, -0.2) is 25.2 Å². The Morgan fingerprint density at radius 2 is 2.10 bits per heavy atom. The highest BCUT2D eigenvalue weighted by atomic mass is 16.5. The fourth-order valence-electron chi connectivity index (χ4n) is 1.90. The smallest absolute Gasteiger partial charge is 0.251 e. The first-order valence-electron chi connectivity index (χ1n) is 6.95. The molecule has 0 spiro atoms. The Morgan fingerprint density at radius 3 is 2.60 bits per heavy atom. The van der Waals surface area contributed by atoms with Crippen LogP contribution < -0.4 is 16.6 Å². The van der Waals surface area contributed by atoms with Gasteiger partial charge in [-0.3, -0.25) is 10.6 Å². The van der Waals surface area contributed by atoms with Gasteiger partial charge in [-0.1, -0.05) is 13.8 Å². The maximum Gasteiger partial charge on any atom is 0.251 e. The molecule has 0 fully saturated rings. The number of carbonyl (C=O) groups excluding carboxylic acids is 1. The standard InChI is InChI=1S/C15H25N3O2/c1-5-20-9-14(10(2)3)17-15(19)13-7-6-12(18-16)8-11(13)4/h6-8,10,14,18H,5,9,16H2,1-4H3,(H,17,19). The van der Waals surface area contributed by atoms with Crippen molar-refractivity contribution >= 4 is 11.6 Å². The van der Waals surface area contributed by atoms with Crippen molar-refractivity contribution in [1.82, 2.24) is 5.32 Å². The van der Waals surface area contributed by atoms with Gasteiger partial charge in [0.15, 0.2) is 0 Å². The van der Waals surface area contributed by atoms with Gasteiger partial charge in [0.1, 0.15) is 0 Å². The molecular weight excluding hydrogens is 254 g/mol. The highest BCUT2D eigenvalue weighted by Crippen LogP contribution is 2.15. The molecule has 1 atom stereocenters. The predicted molar refractivity (Wildman–Crippen MR) is 81.6 cm³/mol. The minimum absolute atomic E-state index is 0.00848. The number of carbonyl (C=O) groups is 1. The van der Waals surface area contributed by atoms with Crippen LogP contribution in [0, 0.1) is 12.8 Å². The molecule has 1 unspecified atom stereocenters. The van der Waals surface area contributed by atoms with E-state index in [9.17, 15) is 4.79 Å². The molecule has 1 amide bonds. The Kier molecular flexibility index (Phi) is 6.48. The molecule has 1 aromatic rings. The maximum atomic E-state index is 12.3. The second-order valence-electron chi connectivity index (χ2n) is 5.16. The topological polar surface area (TPSA) is 76.4 Å². The second kappa shape index (κ2) is 7.87. The SMILES string of the molecule is CCOCC(NC(=O)c1ccc(NN)cc1C)C(C)C. The van der Waals surface area contributed by atoms with Gasteiger partial charge in [-0.15, -0.1) is 0 Å². The van der Waals surface area contributed by atoms with E-state index in [2.05, 4.69) is 24.6 Å². The summed E-state index contributed by atoms with van der Waals surface area (Å²) in [5.74, 6) is 5.59. The van der Waals surface area contributed by atoms with E-state index in [1.165, 1.54) is 0 Å². The summed E-state index contributed by atoms with van der Waals surface area (Å²) in [5.41, 5.74) is 4.90. The molecule has 0 aliphatic rings. The van der Waals surface area contributed by atoms with E-state index >= 15 is 0 Å². The number of ether oxygens (including phenoxy) is 1. The summed E-state index contributed by atoms with van der Waals surface area (Å²) in [6.07, 6.45) is 0. The van der Waals surface area contributed by atoms with E-state index in [-0.39, 0.29) is 11.9 Å². The number of benzene rings is 1. The number of nitrogens with one attached hydrogen (secondary N) is 2. The van der Waals surface area contributed by atoms with E-state index in [1.54, 1.807) is 12.1 Å². The molecule has 5 heteroatoms. The number of hydrogen-bond acceptors (Lipinski definition) is 4. The molecule has 0 aliphatic carbocycles. The zero-order valence-corrected chi connectivity index (χ0v) is 12.7. The van der Waals surface area contributed by atoms with Gasteiger partial charge >= 0.3 is 0 Å². The fraction of sp³-hybridized carbons (Fsp3) is 0.533. The first-order chi connectivity index (χ1) is 9.49. The van der Waals surface area contributed by atoms with Crippen LogP contribution in [0.2, 0.25) is 0 Å². The number of anilines is 1. The third kappa shape index (κ3) is 4.51. The molecule has 0 saturated carbocycles. The minimum atomic E-state index is -0.0792. The van der Waals surface area contributed by atoms with Crippen LogP contribution in [0.1, 0.15) is 36.7 Å². The number of nitrogens with two attached hydrogens (primary N) is 1. The van der Waals surface area contributed by atoms with Crippen molar-refractivity contribution in [3.63, 3.8) is 0 Å². The highest BCUT2D eigenvalue weighted by Gasteiger charge is 2.18. The van der Waals surface area contributed by atoms with Gasteiger partial charge in [-0.2, -0.15) is 0 Å². The van der Waals surface area contributed by atoms with Crippen LogP contribution in [0.5, 0.6) is 0 Å². The van der Waals surface area contributed by atoms with Crippen LogP contribution in [0.3, 0.4) is 0 Å². The number of nitrogen functional groups attached to an aromatic ring is 1. The third-order valence-electron chi connectivity index (χ3n) is 3.26. The van der Waals surface area contributed by atoms with Gasteiger partial charge in [0, 0.05) is 17.9 Å². The van der Waals surface area contributed by atoms with Crippen LogP contribution in [0.25, 0.3) is 0 Å². The molecule has 0 aromatic heterocycles. The van der Waals surface area contributed by atoms with Crippen molar-refractivity contribution in [3.8, 4) is 0 Å². The van der Waals surface area contributed by atoms with Gasteiger partial charge < -0.3 is 15.5 Å². The molecule has 4 N–H and O–H groups in total. The lowest BCUT2D eigenvalue weighted by Crippen LogP contribution is -2.42. The molecular formula is C15H25N3O2. The molecule has 5 nitrogen and oxygen atoms in total. The zero-order chi connectivity index (χ0) is 15.1. The number of hydrogen-bond donors (Lipinski definition) is 3. The van der Waals surface area contributed by atoms with Crippen LogP contribution in [-0.2, 0) is 4.74 Å². The number of hydrazine groups is 1. The Balaban J connectivity index is 2.78. The number of amides is 1. The lowest BCUT2D eigenvalue weighted by Gasteiger charge is -2.22. The Morgan fingerprint density at radius 1 is 1.40 bits per heavy atom. The summed E-state index contributed by atoms with van der Waals surface area (Å²) in [6.45, 7) is 9.15. The highest BCUT2D eigenvalue weighted by molar-refractivity contribution is 5.96. The molecule has 0 aliphatic heterocycles. The molecule has 1 aromatic carbocycles. The van der Waals surface area contributed by atoms with Gasteiger partial charge in [0.05, 0.1) is 12.6 Å². The van der Waals surface area contributed by atoms with Crippen molar-refractivity contribution in [2.75, 3.05) is 18.6 Å². The summed E-state index contributed by atoms with van der Waals surface area (Å²) in [5, 5.41) is 3.03. The first-order valence-corrected chi connectivity index (χ1v) is 6.95. The van der Waals surface area contributed by atoms with Crippen LogP contribution in [0.15, 0.2) is 18.2 Å². The number of aryl methyl sites for hydroxylation is 1. The van der Waals surface area contributed by atoms with Crippen molar-refractivity contribution in [1.29, 1.82) is 0 Å². The summed E-state index contributed by atoms with van der Waals surface area (Å²) in [4.78, 5) is 12.3. The van der Waals surface area contributed by atoms with Gasteiger partial charge in [0.25, 0.3) is 5.91 Å². The lowest BCUT2D eigenvalue weighted by atomic mass is 10.0. The molecule has 0 saturated heterocycles. The van der Waals surface area contributed by atoms with E-state index in [4.69, 9.17) is 10.6 Å². The molecule has 112 valence electrons. The quantitative estimate of drug-likeness (QED) is 0.527.